The summed E-state index contributed by atoms with van der Waals surface area (Å²) >= 11 is 0. The van der Waals surface area contributed by atoms with Crippen LogP contribution >= 0.6 is 0 Å². The summed E-state index contributed by atoms with van der Waals surface area (Å²) in [6.07, 6.45) is 0. The fourth-order valence-electron chi connectivity index (χ4n) is 10.2. The lowest BCUT2D eigenvalue weighted by molar-refractivity contribution is 0.669. The standard InChI is InChI=1S/C62H40N2O/c1-2-15-49-45(13-1)31-32-46-14-11-24-58(61(46)49)64(57-23-9-5-18-52(57)53-20-12-26-60-62(53)54-19-6-10-25-59(54)65-60)48-39-35-44(36-40-48)42-29-27-41(28-30-42)43-33-37-47(38-34-43)63-55-21-7-3-16-50(55)51-17-4-8-22-56(51)63/h1-40H. The number of hydrogen-bond donors (Lipinski definition) is 0. The first kappa shape index (κ1) is 36.9. The number of aromatic nitrogens is 1. The normalized spacial score (nSPS) is 11.7. The molecule has 0 saturated heterocycles. The molecule has 0 aliphatic carbocycles. The molecular formula is C62H40N2O. The maximum absolute atomic E-state index is 6.41. The fourth-order valence-corrected chi connectivity index (χ4v) is 10.2. The molecule has 65 heavy (non-hydrogen) atoms. The van der Waals surface area contributed by atoms with E-state index in [-0.39, 0.29) is 0 Å². The summed E-state index contributed by atoms with van der Waals surface area (Å²) in [6.45, 7) is 0. The van der Waals surface area contributed by atoms with Gasteiger partial charge in [0, 0.05) is 43.9 Å². The molecule has 304 valence electrons. The largest absolute Gasteiger partial charge is 0.456 e. The van der Waals surface area contributed by atoms with Crippen LogP contribution < -0.4 is 4.90 Å². The van der Waals surface area contributed by atoms with E-state index in [0.717, 1.165) is 61.4 Å². The molecular weight excluding hydrogens is 789 g/mol. The van der Waals surface area contributed by atoms with Crippen molar-refractivity contribution >= 4 is 82.4 Å². The van der Waals surface area contributed by atoms with Gasteiger partial charge >= 0.3 is 0 Å². The van der Waals surface area contributed by atoms with Crippen LogP contribution in [0, 0.1) is 0 Å². The second-order valence-corrected chi connectivity index (χ2v) is 16.8. The van der Waals surface area contributed by atoms with E-state index < -0.39 is 0 Å². The van der Waals surface area contributed by atoms with E-state index in [1.54, 1.807) is 0 Å². The molecule has 13 rings (SSSR count). The lowest BCUT2D eigenvalue weighted by atomic mass is 9.95. The van der Waals surface area contributed by atoms with Crippen molar-refractivity contribution < 1.29 is 4.42 Å². The Morgan fingerprint density at radius 3 is 1.52 bits per heavy atom. The topological polar surface area (TPSA) is 21.3 Å². The average Bonchev–Trinajstić information content (AvgIpc) is 3.93. The highest BCUT2D eigenvalue weighted by atomic mass is 16.3. The Bertz CT molecular complexity index is 3880. The van der Waals surface area contributed by atoms with E-state index in [0.29, 0.717) is 0 Å². The zero-order valence-corrected chi connectivity index (χ0v) is 35.4. The van der Waals surface area contributed by atoms with Crippen molar-refractivity contribution in [1.29, 1.82) is 0 Å². The fraction of sp³-hybridized carbons (Fsp3) is 0. The van der Waals surface area contributed by atoms with Crippen LogP contribution in [0.2, 0.25) is 0 Å². The Morgan fingerprint density at radius 2 is 0.800 bits per heavy atom. The quantitative estimate of drug-likeness (QED) is 0.149. The first-order valence-electron chi connectivity index (χ1n) is 22.2. The number of anilines is 3. The number of hydrogen-bond acceptors (Lipinski definition) is 2. The molecule has 0 aliphatic heterocycles. The van der Waals surface area contributed by atoms with E-state index in [1.807, 2.05) is 6.07 Å². The van der Waals surface area contributed by atoms with Gasteiger partial charge in [0.1, 0.15) is 11.2 Å². The molecule has 3 nitrogen and oxygen atoms in total. The number of nitrogens with zero attached hydrogens (tertiary/aromatic N) is 2. The molecule has 13 aromatic rings. The van der Waals surface area contributed by atoms with Gasteiger partial charge in [0.2, 0.25) is 0 Å². The first-order chi connectivity index (χ1) is 32.2. The highest BCUT2D eigenvalue weighted by Crippen LogP contribution is 2.47. The van der Waals surface area contributed by atoms with Crippen LogP contribution in [-0.2, 0) is 0 Å². The number of benzene rings is 11. The van der Waals surface area contributed by atoms with Crippen molar-refractivity contribution in [2.45, 2.75) is 0 Å². The molecule has 0 bridgehead atoms. The molecule has 2 aromatic heterocycles. The Kier molecular flexibility index (Phi) is 8.53. The van der Waals surface area contributed by atoms with Crippen LogP contribution in [-0.4, -0.2) is 4.57 Å². The van der Waals surface area contributed by atoms with Crippen LogP contribution in [0.4, 0.5) is 17.1 Å². The Balaban J connectivity index is 0.895. The maximum Gasteiger partial charge on any atom is 0.136 e. The van der Waals surface area contributed by atoms with E-state index in [1.165, 1.54) is 60.0 Å². The number of furan rings is 1. The van der Waals surface area contributed by atoms with Crippen molar-refractivity contribution in [3.05, 3.63) is 243 Å². The third kappa shape index (κ3) is 6.05. The van der Waals surface area contributed by atoms with Crippen molar-refractivity contribution in [2.75, 3.05) is 4.90 Å². The molecule has 2 heterocycles. The molecule has 0 saturated carbocycles. The van der Waals surface area contributed by atoms with Crippen LogP contribution in [0.25, 0.3) is 104 Å². The molecule has 0 fully saturated rings. The smallest absolute Gasteiger partial charge is 0.136 e. The molecule has 0 atom stereocenters. The zero-order chi connectivity index (χ0) is 42.8. The van der Waals surface area contributed by atoms with E-state index in [9.17, 15) is 0 Å². The Morgan fingerprint density at radius 1 is 0.308 bits per heavy atom. The van der Waals surface area contributed by atoms with Gasteiger partial charge in [0.15, 0.2) is 0 Å². The number of fused-ring (bicyclic) bond motifs is 9. The minimum Gasteiger partial charge on any atom is -0.456 e. The van der Waals surface area contributed by atoms with Gasteiger partial charge < -0.3 is 13.9 Å². The molecule has 11 aromatic carbocycles. The highest BCUT2D eigenvalue weighted by molar-refractivity contribution is 6.17. The van der Waals surface area contributed by atoms with Crippen molar-refractivity contribution in [2.24, 2.45) is 0 Å². The average molecular weight is 829 g/mol. The number of para-hydroxylation sites is 4. The Hall–Kier alpha value is -8.66. The van der Waals surface area contributed by atoms with Crippen molar-refractivity contribution in [3.8, 4) is 39.1 Å². The summed E-state index contributed by atoms with van der Waals surface area (Å²) in [7, 11) is 0. The molecule has 0 amide bonds. The first-order valence-corrected chi connectivity index (χ1v) is 22.2. The summed E-state index contributed by atoms with van der Waals surface area (Å²) in [5.74, 6) is 0. The predicted octanol–water partition coefficient (Wildman–Crippen LogP) is 17.5. The summed E-state index contributed by atoms with van der Waals surface area (Å²) in [5.41, 5.74) is 15.6. The van der Waals surface area contributed by atoms with Crippen LogP contribution in [0.3, 0.4) is 0 Å². The summed E-state index contributed by atoms with van der Waals surface area (Å²) < 4.78 is 8.77. The molecule has 0 unspecified atom stereocenters. The lowest BCUT2D eigenvalue weighted by Crippen LogP contribution is -2.12. The minimum atomic E-state index is 0.882. The third-order valence-electron chi connectivity index (χ3n) is 13.2. The van der Waals surface area contributed by atoms with Crippen LogP contribution in [0.1, 0.15) is 0 Å². The SMILES string of the molecule is c1ccc(N(c2ccc(-c3ccc(-c4ccc(-n5c6ccccc6c6ccccc65)cc4)cc3)cc2)c2cccc3ccc4ccccc4c23)c(-c2cccc3oc4ccccc4c23)c1. The van der Waals surface area contributed by atoms with Gasteiger partial charge in [-0.2, -0.15) is 0 Å². The molecule has 0 aliphatic rings. The second kappa shape index (κ2) is 15.0. The van der Waals surface area contributed by atoms with Gasteiger partial charge in [-0.1, -0.05) is 182 Å². The van der Waals surface area contributed by atoms with Crippen LogP contribution in [0.5, 0.6) is 0 Å². The van der Waals surface area contributed by atoms with Gasteiger partial charge in [-0.3, -0.25) is 0 Å². The van der Waals surface area contributed by atoms with E-state index in [4.69, 9.17) is 4.42 Å². The van der Waals surface area contributed by atoms with Gasteiger partial charge in [-0.25, -0.2) is 0 Å². The minimum absolute atomic E-state index is 0.882. The van der Waals surface area contributed by atoms with Crippen molar-refractivity contribution in [3.63, 3.8) is 0 Å². The molecule has 3 heteroatoms. The third-order valence-corrected chi connectivity index (χ3v) is 13.2. The second-order valence-electron chi connectivity index (χ2n) is 16.8. The summed E-state index contributed by atoms with van der Waals surface area (Å²) in [4.78, 5) is 2.45. The molecule has 0 radical (unpaired) electrons. The Labute approximate surface area is 376 Å². The highest BCUT2D eigenvalue weighted by Gasteiger charge is 2.22. The van der Waals surface area contributed by atoms with Crippen LogP contribution in [0.15, 0.2) is 247 Å². The van der Waals surface area contributed by atoms with E-state index >= 15 is 0 Å². The van der Waals surface area contributed by atoms with E-state index in [2.05, 4.69) is 246 Å². The van der Waals surface area contributed by atoms with Gasteiger partial charge in [0.25, 0.3) is 0 Å². The lowest BCUT2D eigenvalue weighted by Gasteiger charge is -2.29. The molecule has 0 spiro atoms. The molecule has 0 N–H and O–H groups in total. The maximum atomic E-state index is 6.41. The van der Waals surface area contributed by atoms with Gasteiger partial charge in [0.05, 0.1) is 22.4 Å². The predicted molar refractivity (Wildman–Crippen MR) is 274 cm³/mol. The zero-order valence-electron chi connectivity index (χ0n) is 35.4. The summed E-state index contributed by atoms with van der Waals surface area (Å²) in [5, 5.41) is 9.64. The number of rotatable bonds is 7. The monoisotopic (exact) mass is 828 g/mol. The van der Waals surface area contributed by atoms with Gasteiger partial charge in [-0.05, 0) is 105 Å². The van der Waals surface area contributed by atoms with Gasteiger partial charge in [-0.15, -0.1) is 0 Å². The van der Waals surface area contributed by atoms with Crippen molar-refractivity contribution in [1.82, 2.24) is 4.57 Å². The summed E-state index contributed by atoms with van der Waals surface area (Å²) in [6, 6.07) is 87.7.